The van der Waals surface area contributed by atoms with Crippen molar-refractivity contribution < 1.29 is 0 Å². The summed E-state index contributed by atoms with van der Waals surface area (Å²) in [5.41, 5.74) is 2.65. The van der Waals surface area contributed by atoms with Crippen molar-refractivity contribution in [2.75, 3.05) is 0 Å². The second-order valence-electron chi connectivity index (χ2n) is 4.32. The fourth-order valence-electron chi connectivity index (χ4n) is 2.07. The summed E-state index contributed by atoms with van der Waals surface area (Å²) in [4.78, 5) is 0. The first-order valence-electron chi connectivity index (χ1n) is 5.01. The Morgan fingerprint density at radius 1 is 1.54 bits per heavy atom. The van der Waals surface area contributed by atoms with Crippen molar-refractivity contribution in [2.45, 2.75) is 26.3 Å². The lowest BCUT2D eigenvalue weighted by atomic mass is 9.88. The first-order valence-corrected chi connectivity index (χ1v) is 5.01. The molecule has 13 heavy (non-hydrogen) atoms. The normalized spacial score (nSPS) is 31.6. The van der Waals surface area contributed by atoms with E-state index in [0.717, 1.165) is 6.42 Å². The minimum absolute atomic E-state index is 0.509. The Bertz CT molecular complexity index is 283. The third kappa shape index (κ3) is 1.55. The summed E-state index contributed by atoms with van der Waals surface area (Å²) in [6, 6.07) is 0.509. The molecule has 0 amide bonds. The van der Waals surface area contributed by atoms with Gasteiger partial charge in [-0.2, -0.15) is 0 Å². The van der Waals surface area contributed by atoms with E-state index in [1.807, 2.05) is 0 Å². The summed E-state index contributed by atoms with van der Waals surface area (Å²) in [5, 5.41) is 3.39. The van der Waals surface area contributed by atoms with Crippen LogP contribution in [-0.4, -0.2) is 6.04 Å². The van der Waals surface area contributed by atoms with Crippen molar-refractivity contribution in [3.05, 3.63) is 36.1 Å². The van der Waals surface area contributed by atoms with Crippen molar-refractivity contribution in [1.82, 2.24) is 5.32 Å². The van der Waals surface area contributed by atoms with Gasteiger partial charge in [0.15, 0.2) is 0 Å². The SMILES string of the molecule is C=C1CC2C=C(C(C)C)C=CC2N1. The predicted molar refractivity (Wildman–Crippen MR) is 56.2 cm³/mol. The quantitative estimate of drug-likeness (QED) is 0.646. The molecular formula is C12H17N. The molecule has 1 heteroatoms. The van der Waals surface area contributed by atoms with E-state index in [1.165, 1.54) is 11.3 Å². The zero-order valence-corrected chi connectivity index (χ0v) is 8.38. The maximum atomic E-state index is 3.97. The molecule has 70 valence electrons. The van der Waals surface area contributed by atoms with E-state index >= 15 is 0 Å². The van der Waals surface area contributed by atoms with Crippen molar-refractivity contribution in [3.8, 4) is 0 Å². The topological polar surface area (TPSA) is 12.0 Å². The zero-order chi connectivity index (χ0) is 9.42. The fraction of sp³-hybridized carbons (Fsp3) is 0.500. The van der Waals surface area contributed by atoms with E-state index in [9.17, 15) is 0 Å². The highest BCUT2D eigenvalue weighted by Crippen LogP contribution is 2.30. The zero-order valence-electron chi connectivity index (χ0n) is 8.38. The van der Waals surface area contributed by atoms with Crippen LogP contribution in [0.4, 0.5) is 0 Å². The second-order valence-corrected chi connectivity index (χ2v) is 4.32. The standard InChI is InChI=1S/C12H17N/c1-8(2)10-4-5-12-11(7-10)6-9(3)13-12/h4-5,7-8,11-13H,3,6H2,1-2H3. The molecule has 0 aromatic heterocycles. The Balaban J connectivity index is 2.18. The van der Waals surface area contributed by atoms with Gasteiger partial charge in [-0.25, -0.2) is 0 Å². The van der Waals surface area contributed by atoms with Crippen molar-refractivity contribution in [2.24, 2.45) is 11.8 Å². The second kappa shape index (κ2) is 3.06. The third-order valence-corrected chi connectivity index (χ3v) is 2.88. The van der Waals surface area contributed by atoms with Crippen LogP contribution in [0.25, 0.3) is 0 Å². The molecule has 2 atom stereocenters. The molecule has 0 aromatic rings. The number of rotatable bonds is 1. The summed E-state index contributed by atoms with van der Waals surface area (Å²) >= 11 is 0. The highest BCUT2D eigenvalue weighted by molar-refractivity contribution is 5.32. The molecule has 1 aliphatic heterocycles. The molecule has 2 rings (SSSR count). The minimum atomic E-state index is 0.509. The Morgan fingerprint density at radius 2 is 2.31 bits per heavy atom. The lowest BCUT2D eigenvalue weighted by Crippen LogP contribution is -2.25. The Labute approximate surface area is 80.2 Å². The van der Waals surface area contributed by atoms with Gasteiger partial charge in [0.25, 0.3) is 0 Å². The van der Waals surface area contributed by atoms with Crippen LogP contribution in [0.2, 0.25) is 0 Å². The largest absolute Gasteiger partial charge is 0.382 e. The molecule has 0 spiro atoms. The number of hydrogen-bond acceptors (Lipinski definition) is 1. The predicted octanol–water partition coefficient (Wildman–Crippen LogP) is 2.63. The summed E-state index contributed by atoms with van der Waals surface area (Å²) in [7, 11) is 0. The van der Waals surface area contributed by atoms with Gasteiger partial charge in [-0.05, 0) is 17.9 Å². The molecule has 1 saturated heterocycles. The molecule has 1 fully saturated rings. The highest BCUT2D eigenvalue weighted by Gasteiger charge is 2.27. The molecule has 2 unspecified atom stereocenters. The number of hydrogen-bond donors (Lipinski definition) is 1. The van der Waals surface area contributed by atoms with Gasteiger partial charge in [0, 0.05) is 11.6 Å². The summed E-state index contributed by atoms with van der Waals surface area (Å²) in [6.45, 7) is 8.46. The summed E-state index contributed by atoms with van der Waals surface area (Å²) < 4.78 is 0. The summed E-state index contributed by atoms with van der Waals surface area (Å²) in [5.74, 6) is 1.29. The lowest BCUT2D eigenvalue weighted by Gasteiger charge is -2.20. The van der Waals surface area contributed by atoms with E-state index < -0.39 is 0 Å². The lowest BCUT2D eigenvalue weighted by molar-refractivity contribution is 0.596. The number of fused-ring (bicyclic) bond motifs is 1. The fourth-order valence-corrected chi connectivity index (χ4v) is 2.07. The maximum Gasteiger partial charge on any atom is 0.0511 e. The van der Waals surface area contributed by atoms with E-state index in [-0.39, 0.29) is 0 Å². The van der Waals surface area contributed by atoms with E-state index in [2.05, 4.69) is 44.0 Å². The van der Waals surface area contributed by atoms with Crippen molar-refractivity contribution in [1.29, 1.82) is 0 Å². The van der Waals surface area contributed by atoms with Crippen molar-refractivity contribution >= 4 is 0 Å². The van der Waals surface area contributed by atoms with Crippen molar-refractivity contribution in [3.63, 3.8) is 0 Å². The van der Waals surface area contributed by atoms with Gasteiger partial charge >= 0.3 is 0 Å². The molecule has 1 heterocycles. The molecule has 1 aliphatic carbocycles. The van der Waals surface area contributed by atoms with Crippen LogP contribution in [-0.2, 0) is 0 Å². The van der Waals surface area contributed by atoms with Crippen LogP contribution < -0.4 is 5.32 Å². The molecule has 1 nitrogen and oxygen atoms in total. The smallest absolute Gasteiger partial charge is 0.0511 e. The van der Waals surface area contributed by atoms with Gasteiger partial charge in [0.05, 0.1) is 6.04 Å². The summed E-state index contributed by atoms with van der Waals surface area (Å²) in [6.07, 6.45) is 8.03. The van der Waals surface area contributed by atoms with Gasteiger partial charge in [-0.1, -0.05) is 38.7 Å². The van der Waals surface area contributed by atoms with Crippen LogP contribution >= 0.6 is 0 Å². The van der Waals surface area contributed by atoms with E-state index in [1.54, 1.807) is 0 Å². The average molecular weight is 175 g/mol. The van der Waals surface area contributed by atoms with Crippen LogP contribution in [0.3, 0.4) is 0 Å². The molecule has 0 saturated carbocycles. The molecule has 0 aromatic carbocycles. The Hall–Kier alpha value is -0.980. The number of allylic oxidation sites excluding steroid dienone is 3. The van der Waals surface area contributed by atoms with E-state index in [0.29, 0.717) is 17.9 Å². The van der Waals surface area contributed by atoms with Gasteiger partial charge in [-0.3, -0.25) is 0 Å². The molecule has 2 aliphatic rings. The van der Waals surface area contributed by atoms with Crippen LogP contribution in [0.5, 0.6) is 0 Å². The average Bonchev–Trinajstić information content (AvgIpc) is 2.42. The first kappa shape index (κ1) is 8.61. The van der Waals surface area contributed by atoms with Gasteiger partial charge in [-0.15, -0.1) is 0 Å². The number of nitrogens with one attached hydrogen (secondary N) is 1. The molecule has 0 radical (unpaired) electrons. The molecule has 0 bridgehead atoms. The van der Waals surface area contributed by atoms with Gasteiger partial charge < -0.3 is 5.32 Å². The Morgan fingerprint density at radius 3 is 3.00 bits per heavy atom. The highest BCUT2D eigenvalue weighted by atomic mass is 15.0. The molecular weight excluding hydrogens is 158 g/mol. The van der Waals surface area contributed by atoms with E-state index in [4.69, 9.17) is 0 Å². The Kier molecular flexibility index (Phi) is 2.03. The third-order valence-electron chi connectivity index (χ3n) is 2.88. The van der Waals surface area contributed by atoms with Crippen LogP contribution in [0.1, 0.15) is 20.3 Å². The molecule has 1 N–H and O–H groups in total. The maximum absolute atomic E-state index is 3.97. The van der Waals surface area contributed by atoms with Gasteiger partial charge in [0.1, 0.15) is 0 Å². The van der Waals surface area contributed by atoms with Crippen LogP contribution in [0, 0.1) is 11.8 Å². The first-order chi connectivity index (χ1) is 6.16. The minimum Gasteiger partial charge on any atom is -0.382 e. The van der Waals surface area contributed by atoms with Crippen LogP contribution in [0.15, 0.2) is 36.1 Å². The monoisotopic (exact) mass is 175 g/mol. The van der Waals surface area contributed by atoms with Gasteiger partial charge in [0.2, 0.25) is 0 Å².